The fourth-order valence-electron chi connectivity index (χ4n) is 4.63. The van der Waals surface area contributed by atoms with Gasteiger partial charge < -0.3 is 9.84 Å². The molecule has 154 valence electrons. The first-order chi connectivity index (χ1) is 14.5. The van der Waals surface area contributed by atoms with Crippen LogP contribution < -0.4 is 4.43 Å². The maximum atomic E-state index is 13.1. The summed E-state index contributed by atoms with van der Waals surface area (Å²) in [5, 5.41) is 6.50. The summed E-state index contributed by atoms with van der Waals surface area (Å²) < 4.78 is 9.11. The van der Waals surface area contributed by atoms with Crippen molar-refractivity contribution in [1.82, 2.24) is 14.8 Å². The van der Waals surface area contributed by atoms with Crippen LogP contribution in [0.15, 0.2) is 42.9 Å². The Morgan fingerprint density at radius 2 is 2.10 bits per heavy atom. The van der Waals surface area contributed by atoms with E-state index in [2.05, 4.69) is 46.8 Å². The van der Waals surface area contributed by atoms with Crippen LogP contribution in [0.3, 0.4) is 0 Å². The Hall–Kier alpha value is -2.99. The van der Waals surface area contributed by atoms with E-state index in [0.717, 1.165) is 74.5 Å². The quantitative estimate of drug-likeness (QED) is 0.476. The molecular formula is C24H27N4O2+. The van der Waals surface area contributed by atoms with Crippen molar-refractivity contribution in [2.45, 2.75) is 52.2 Å². The van der Waals surface area contributed by atoms with E-state index < -0.39 is 0 Å². The zero-order chi connectivity index (χ0) is 20.8. The molecule has 0 amide bonds. The molecule has 30 heavy (non-hydrogen) atoms. The Morgan fingerprint density at radius 1 is 1.23 bits per heavy atom. The number of ether oxygens (including phenoxy) is 1. The molecule has 1 aliphatic heterocycles. The second-order valence-corrected chi connectivity index (χ2v) is 8.52. The molecule has 6 nitrogen and oxygen atoms in total. The number of hydrogen-bond acceptors (Lipinski definition) is 3. The van der Waals surface area contributed by atoms with Gasteiger partial charge in [0.25, 0.3) is 5.69 Å². The Bertz CT molecular complexity index is 1300. The van der Waals surface area contributed by atoms with E-state index in [4.69, 9.17) is 4.74 Å². The fourth-order valence-corrected chi connectivity index (χ4v) is 4.63. The summed E-state index contributed by atoms with van der Waals surface area (Å²) in [6.07, 6.45) is 8.84. The number of nitrogens with one attached hydrogen (secondary N) is 1. The van der Waals surface area contributed by atoms with Crippen LogP contribution in [0.2, 0.25) is 0 Å². The molecule has 0 radical (unpaired) electrons. The molecular weight excluding hydrogens is 376 g/mol. The van der Waals surface area contributed by atoms with Crippen LogP contribution in [0.25, 0.3) is 32.8 Å². The average molecular weight is 404 g/mol. The number of hydrogen-bond donors (Lipinski definition) is 1. The highest BCUT2D eigenvalue weighted by Crippen LogP contribution is 2.36. The minimum Gasteiger partial charge on any atom is -0.357 e. The number of H-pyrrole nitrogens is 1. The van der Waals surface area contributed by atoms with Crippen LogP contribution in [-0.4, -0.2) is 21.4 Å². The van der Waals surface area contributed by atoms with Gasteiger partial charge in [0.1, 0.15) is 6.23 Å². The second kappa shape index (κ2) is 7.36. The molecule has 4 aromatic rings. The lowest BCUT2D eigenvalue weighted by Gasteiger charge is -2.24. The van der Waals surface area contributed by atoms with E-state index in [1.165, 1.54) is 0 Å². The Labute approximate surface area is 175 Å². The van der Waals surface area contributed by atoms with Gasteiger partial charge in [0.05, 0.1) is 20.9 Å². The fraction of sp³-hybridized carbons (Fsp3) is 0.375. The van der Waals surface area contributed by atoms with Gasteiger partial charge >= 0.3 is 0 Å². The van der Waals surface area contributed by atoms with Crippen molar-refractivity contribution in [2.75, 3.05) is 6.61 Å². The number of aromatic amines is 1. The minimum atomic E-state index is 0.0188. The molecule has 1 unspecified atom stereocenters. The molecule has 0 bridgehead atoms. The number of pyridine rings is 2. The van der Waals surface area contributed by atoms with Gasteiger partial charge in [0.2, 0.25) is 6.20 Å². The number of aromatic nitrogens is 4. The second-order valence-electron chi connectivity index (χ2n) is 8.52. The number of fused-ring (bicyclic) bond motifs is 2. The van der Waals surface area contributed by atoms with E-state index in [9.17, 15) is 4.91 Å². The monoisotopic (exact) mass is 403 g/mol. The molecule has 4 heterocycles. The van der Waals surface area contributed by atoms with Crippen LogP contribution in [0.1, 0.15) is 56.6 Å². The van der Waals surface area contributed by atoms with Crippen LogP contribution in [0, 0.1) is 11.8 Å². The van der Waals surface area contributed by atoms with Crippen molar-refractivity contribution in [3.8, 4) is 11.1 Å². The summed E-state index contributed by atoms with van der Waals surface area (Å²) >= 11 is 0. The highest BCUT2D eigenvalue weighted by molar-refractivity contribution is 6.04. The van der Waals surface area contributed by atoms with Gasteiger partial charge in [-0.15, -0.1) is 0 Å². The third kappa shape index (κ3) is 3.12. The zero-order valence-corrected chi connectivity index (χ0v) is 17.7. The summed E-state index contributed by atoms with van der Waals surface area (Å²) in [4.78, 5) is 17.4. The molecule has 1 fully saturated rings. The van der Waals surface area contributed by atoms with Crippen molar-refractivity contribution in [3.05, 3.63) is 59.2 Å². The third-order valence-corrected chi connectivity index (χ3v) is 6.01. The first kappa shape index (κ1) is 19.0. The third-order valence-electron chi connectivity index (χ3n) is 6.01. The molecule has 0 spiro atoms. The van der Waals surface area contributed by atoms with E-state index >= 15 is 0 Å². The molecule has 0 aliphatic carbocycles. The van der Waals surface area contributed by atoms with Gasteiger partial charge in [-0.2, -0.15) is 0 Å². The number of nitrogens with zero attached hydrogens (tertiary/aromatic N) is 3. The highest BCUT2D eigenvalue weighted by Gasteiger charge is 2.26. The molecule has 1 aliphatic rings. The molecule has 1 atom stereocenters. The predicted molar refractivity (Wildman–Crippen MR) is 118 cm³/mol. The van der Waals surface area contributed by atoms with E-state index in [0.29, 0.717) is 0 Å². The standard InChI is InChI=1S/C24H27N4O2/c1-15(2)24-23(17-7-8-25-16(3)10-17)20-11-18-13-26-28(22-6-4-5-9-30-22)21(18)12-19(20)14-27(24)29/h7-8,10-15,22,26H,4-6,9H2,1-3H3/q+1. The maximum Gasteiger partial charge on any atom is 0.250 e. The normalized spacial score (nSPS) is 17.3. The van der Waals surface area contributed by atoms with Crippen molar-refractivity contribution in [3.63, 3.8) is 0 Å². The van der Waals surface area contributed by atoms with Gasteiger partial charge in [0.15, 0.2) is 0 Å². The predicted octanol–water partition coefficient (Wildman–Crippen LogP) is 5.23. The summed E-state index contributed by atoms with van der Waals surface area (Å²) in [6, 6.07) is 8.34. The SMILES string of the molecule is Cc1cc(-c2c(C(C)C)[n+](=O)cc3cc4c(c[nH]n4C4CCCCO4)cc23)ccn1. The number of benzene rings is 1. The maximum absolute atomic E-state index is 13.1. The Kier molecular flexibility index (Phi) is 4.66. The molecule has 1 N–H and O–H groups in total. The molecule has 1 saturated heterocycles. The topological polar surface area (TPSA) is 65.8 Å². The Morgan fingerprint density at radius 3 is 2.83 bits per heavy atom. The largest absolute Gasteiger partial charge is 0.357 e. The number of aryl methyl sites for hydroxylation is 1. The lowest BCUT2D eigenvalue weighted by Crippen LogP contribution is -2.23. The van der Waals surface area contributed by atoms with Crippen LogP contribution in [0.5, 0.6) is 0 Å². The zero-order valence-electron chi connectivity index (χ0n) is 17.7. The van der Waals surface area contributed by atoms with E-state index in [-0.39, 0.29) is 12.1 Å². The molecule has 6 heteroatoms. The van der Waals surface area contributed by atoms with Gasteiger partial charge in [-0.05, 0) is 56.0 Å². The van der Waals surface area contributed by atoms with Gasteiger partial charge in [-0.25, -0.2) is 0 Å². The molecule has 5 rings (SSSR count). The minimum absolute atomic E-state index is 0.0188. The molecule has 1 aromatic carbocycles. The summed E-state index contributed by atoms with van der Waals surface area (Å²) in [5.41, 5.74) is 4.80. The molecule has 3 aromatic heterocycles. The lowest BCUT2D eigenvalue weighted by molar-refractivity contribution is -0.503. The van der Waals surface area contributed by atoms with Gasteiger partial charge in [-0.1, -0.05) is 13.8 Å². The van der Waals surface area contributed by atoms with Crippen molar-refractivity contribution < 1.29 is 9.16 Å². The average Bonchev–Trinajstić information content (AvgIpc) is 3.14. The van der Waals surface area contributed by atoms with Crippen LogP contribution >= 0.6 is 0 Å². The first-order valence-corrected chi connectivity index (χ1v) is 10.7. The van der Waals surface area contributed by atoms with Crippen LogP contribution in [-0.2, 0) is 4.74 Å². The molecule has 0 saturated carbocycles. The Balaban J connectivity index is 1.80. The van der Waals surface area contributed by atoms with Crippen molar-refractivity contribution >= 4 is 21.7 Å². The van der Waals surface area contributed by atoms with Gasteiger partial charge in [0, 0.05) is 46.3 Å². The lowest BCUT2D eigenvalue weighted by atomic mass is 9.92. The highest BCUT2D eigenvalue weighted by atomic mass is 16.5. The summed E-state index contributed by atoms with van der Waals surface area (Å²) in [5.74, 6) is 0.0952. The van der Waals surface area contributed by atoms with Gasteiger partial charge in [-0.3, -0.25) is 9.67 Å². The van der Waals surface area contributed by atoms with Crippen molar-refractivity contribution in [1.29, 1.82) is 0 Å². The van der Waals surface area contributed by atoms with Crippen LogP contribution in [0.4, 0.5) is 0 Å². The smallest absolute Gasteiger partial charge is 0.250 e. The summed E-state index contributed by atoms with van der Waals surface area (Å²) in [7, 11) is 0. The first-order valence-electron chi connectivity index (χ1n) is 10.7. The number of rotatable bonds is 3. The van der Waals surface area contributed by atoms with E-state index in [1.807, 2.05) is 25.4 Å². The van der Waals surface area contributed by atoms with Crippen molar-refractivity contribution in [2.24, 2.45) is 0 Å². The van der Waals surface area contributed by atoms with E-state index in [1.54, 1.807) is 6.20 Å². The summed E-state index contributed by atoms with van der Waals surface area (Å²) in [6.45, 7) is 6.90.